The molecule has 7 heteroatoms. The highest BCUT2D eigenvalue weighted by molar-refractivity contribution is 5.87. The number of carboxylic acids is 1. The van der Waals surface area contributed by atoms with Crippen molar-refractivity contribution in [2.75, 3.05) is 0 Å². The maximum atomic E-state index is 11.4. The van der Waals surface area contributed by atoms with Gasteiger partial charge in [-0.25, -0.2) is 9.59 Å². The number of carbonyl (C=O) groups is 3. The van der Waals surface area contributed by atoms with Gasteiger partial charge in [0.15, 0.2) is 0 Å². The summed E-state index contributed by atoms with van der Waals surface area (Å²) in [7, 11) is 0. The molecule has 2 atom stereocenters. The first kappa shape index (κ1) is 14.9. The number of rotatable bonds is 7. The number of primary amides is 1. The number of carbonyl (C=O) groups excluding carboxylic acids is 2. The molecule has 0 aliphatic rings. The molecule has 0 aromatic rings. The number of urea groups is 1. The van der Waals surface area contributed by atoms with E-state index < -0.39 is 30.4 Å². The SMILES string of the molecule is C=CCC(C)NC(=O)N[C@H](CC(N)=O)C(=O)O. The van der Waals surface area contributed by atoms with E-state index in [4.69, 9.17) is 10.8 Å². The summed E-state index contributed by atoms with van der Waals surface area (Å²) in [6.07, 6.45) is 1.74. The Labute approximate surface area is 99.1 Å². The first-order valence-electron chi connectivity index (χ1n) is 5.05. The Balaban J connectivity index is 4.26. The van der Waals surface area contributed by atoms with Crippen molar-refractivity contribution in [1.29, 1.82) is 0 Å². The average molecular weight is 243 g/mol. The molecule has 0 spiro atoms. The fourth-order valence-electron chi connectivity index (χ4n) is 1.13. The molecule has 96 valence electrons. The molecular formula is C10H17N3O4. The molecular weight excluding hydrogens is 226 g/mol. The lowest BCUT2D eigenvalue weighted by Gasteiger charge is -2.16. The quantitative estimate of drug-likeness (QED) is 0.453. The second-order valence-electron chi connectivity index (χ2n) is 3.60. The van der Waals surface area contributed by atoms with Crippen LogP contribution in [-0.2, 0) is 9.59 Å². The van der Waals surface area contributed by atoms with Crippen molar-refractivity contribution in [2.24, 2.45) is 5.73 Å². The molecule has 0 heterocycles. The second-order valence-corrected chi connectivity index (χ2v) is 3.60. The van der Waals surface area contributed by atoms with Gasteiger partial charge >= 0.3 is 12.0 Å². The van der Waals surface area contributed by atoms with Crippen LogP contribution in [0.2, 0.25) is 0 Å². The second kappa shape index (κ2) is 7.26. The lowest BCUT2D eigenvalue weighted by molar-refractivity contribution is -0.140. The van der Waals surface area contributed by atoms with Crippen molar-refractivity contribution in [2.45, 2.75) is 31.8 Å². The topological polar surface area (TPSA) is 122 Å². The van der Waals surface area contributed by atoms with E-state index in [9.17, 15) is 14.4 Å². The maximum absolute atomic E-state index is 11.4. The van der Waals surface area contributed by atoms with Crippen molar-refractivity contribution in [3.05, 3.63) is 12.7 Å². The smallest absolute Gasteiger partial charge is 0.326 e. The van der Waals surface area contributed by atoms with Crippen LogP contribution < -0.4 is 16.4 Å². The first-order valence-corrected chi connectivity index (χ1v) is 5.05. The van der Waals surface area contributed by atoms with Crippen LogP contribution in [0.15, 0.2) is 12.7 Å². The summed E-state index contributed by atoms with van der Waals surface area (Å²) in [4.78, 5) is 32.7. The summed E-state index contributed by atoms with van der Waals surface area (Å²) >= 11 is 0. The van der Waals surface area contributed by atoms with Crippen molar-refractivity contribution in [1.82, 2.24) is 10.6 Å². The van der Waals surface area contributed by atoms with Crippen molar-refractivity contribution in [3.63, 3.8) is 0 Å². The molecule has 0 saturated heterocycles. The van der Waals surface area contributed by atoms with Crippen LogP contribution in [0.1, 0.15) is 19.8 Å². The van der Waals surface area contributed by atoms with Crippen LogP contribution in [0, 0.1) is 0 Å². The Hall–Kier alpha value is -2.05. The van der Waals surface area contributed by atoms with Crippen molar-refractivity contribution >= 4 is 17.9 Å². The van der Waals surface area contributed by atoms with Gasteiger partial charge in [-0.05, 0) is 13.3 Å². The van der Waals surface area contributed by atoms with Crippen LogP contribution in [0.5, 0.6) is 0 Å². The first-order chi connectivity index (χ1) is 7.86. The van der Waals surface area contributed by atoms with Gasteiger partial charge in [-0.3, -0.25) is 4.79 Å². The summed E-state index contributed by atoms with van der Waals surface area (Å²) in [6, 6.07) is -2.15. The molecule has 0 aliphatic heterocycles. The third kappa shape index (κ3) is 6.93. The van der Waals surface area contributed by atoms with Gasteiger partial charge in [0.25, 0.3) is 0 Å². The summed E-state index contributed by atoms with van der Waals surface area (Å²) in [5.41, 5.74) is 4.87. The molecule has 0 fully saturated rings. The van der Waals surface area contributed by atoms with Crippen LogP contribution >= 0.6 is 0 Å². The summed E-state index contributed by atoms with van der Waals surface area (Å²) in [6.45, 7) is 5.25. The van der Waals surface area contributed by atoms with E-state index in [1.165, 1.54) is 0 Å². The van der Waals surface area contributed by atoms with Gasteiger partial charge in [-0.15, -0.1) is 6.58 Å². The molecule has 0 saturated carbocycles. The lowest BCUT2D eigenvalue weighted by Crippen LogP contribution is -2.49. The zero-order valence-electron chi connectivity index (χ0n) is 9.60. The standard InChI is InChI=1S/C10H17N3O4/c1-3-4-6(2)12-10(17)13-7(9(15)16)5-8(11)14/h3,6-7H,1,4-5H2,2H3,(H2,11,14)(H,15,16)(H2,12,13,17)/t6?,7-/m1/s1. The fourth-order valence-corrected chi connectivity index (χ4v) is 1.13. The van der Waals surface area contributed by atoms with Crippen LogP contribution in [0.3, 0.4) is 0 Å². The van der Waals surface area contributed by atoms with Gasteiger partial charge in [0.2, 0.25) is 5.91 Å². The molecule has 7 nitrogen and oxygen atoms in total. The molecule has 0 radical (unpaired) electrons. The number of nitrogens with one attached hydrogen (secondary N) is 2. The number of hydrogen-bond donors (Lipinski definition) is 4. The van der Waals surface area contributed by atoms with Gasteiger partial charge in [-0.1, -0.05) is 6.08 Å². The lowest BCUT2D eigenvalue weighted by atomic mass is 10.2. The van der Waals surface area contributed by atoms with Gasteiger partial charge in [0, 0.05) is 6.04 Å². The minimum Gasteiger partial charge on any atom is -0.480 e. The van der Waals surface area contributed by atoms with E-state index in [2.05, 4.69) is 17.2 Å². The van der Waals surface area contributed by atoms with Crippen LogP contribution in [0.4, 0.5) is 4.79 Å². The summed E-state index contributed by atoms with van der Waals surface area (Å²) in [5.74, 6) is -2.10. The van der Waals surface area contributed by atoms with Crippen LogP contribution in [-0.4, -0.2) is 35.1 Å². The monoisotopic (exact) mass is 243 g/mol. The highest BCUT2D eigenvalue weighted by Gasteiger charge is 2.22. The largest absolute Gasteiger partial charge is 0.480 e. The number of nitrogens with two attached hydrogens (primary N) is 1. The van der Waals surface area contributed by atoms with E-state index in [1.54, 1.807) is 13.0 Å². The minimum absolute atomic E-state index is 0.171. The number of amides is 3. The molecule has 3 amide bonds. The summed E-state index contributed by atoms with van der Waals surface area (Å²) in [5, 5.41) is 13.4. The Morgan fingerprint density at radius 2 is 2.00 bits per heavy atom. The minimum atomic E-state index is -1.32. The van der Waals surface area contributed by atoms with Crippen LogP contribution in [0.25, 0.3) is 0 Å². The van der Waals surface area contributed by atoms with E-state index >= 15 is 0 Å². The van der Waals surface area contributed by atoms with E-state index in [0.29, 0.717) is 6.42 Å². The normalized spacial score (nSPS) is 13.2. The third-order valence-corrected chi connectivity index (χ3v) is 1.91. The van der Waals surface area contributed by atoms with E-state index in [0.717, 1.165) is 0 Å². The van der Waals surface area contributed by atoms with Gasteiger partial charge < -0.3 is 21.5 Å². The molecule has 0 rings (SSSR count). The highest BCUT2D eigenvalue weighted by atomic mass is 16.4. The van der Waals surface area contributed by atoms with E-state index in [1.807, 2.05) is 0 Å². The molecule has 0 aromatic carbocycles. The maximum Gasteiger partial charge on any atom is 0.326 e. The molecule has 5 N–H and O–H groups in total. The zero-order valence-corrected chi connectivity index (χ0v) is 9.60. The predicted octanol–water partition coefficient (Wildman–Crippen LogP) is -0.421. The van der Waals surface area contributed by atoms with Gasteiger partial charge in [0.05, 0.1) is 6.42 Å². The van der Waals surface area contributed by atoms with Gasteiger partial charge in [0.1, 0.15) is 6.04 Å². The predicted molar refractivity (Wildman–Crippen MR) is 61.2 cm³/mol. The average Bonchev–Trinajstić information content (AvgIpc) is 2.15. The van der Waals surface area contributed by atoms with E-state index in [-0.39, 0.29) is 6.04 Å². The fraction of sp³-hybridized carbons (Fsp3) is 0.500. The Kier molecular flexibility index (Phi) is 6.39. The molecule has 0 bridgehead atoms. The Bertz CT molecular complexity index is 317. The number of aliphatic carboxylic acids is 1. The molecule has 0 aliphatic carbocycles. The highest BCUT2D eigenvalue weighted by Crippen LogP contribution is 1.94. The third-order valence-electron chi connectivity index (χ3n) is 1.91. The van der Waals surface area contributed by atoms with Crippen molar-refractivity contribution in [3.8, 4) is 0 Å². The Morgan fingerprint density at radius 3 is 2.41 bits per heavy atom. The Morgan fingerprint density at radius 1 is 1.41 bits per heavy atom. The zero-order chi connectivity index (χ0) is 13.4. The summed E-state index contributed by atoms with van der Waals surface area (Å²) < 4.78 is 0. The molecule has 1 unspecified atom stereocenters. The molecule has 0 aromatic heterocycles. The number of carboxylic acid groups (broad SMARTS) is 1. The van der Waals surface area contributed by atoms with Gasteiger partial charge in [-0.2, -0.15) is 0 Å². The van der Waals surface area contributed by atoms with Crippen molar-refractivity contribution < 1.29 is 19.5 Å². The molecule has 17 heavy (non-hydrogen) atoms. The number of hydrogen-bond acceptors (Lipinski definition) is 3.